The van der Waals surface area contributed by atoms with E-state index in [1.165, 1.54) is 16.7 Å². The zero-order chi connectivity index (χ0) is 20.5. The zero-order valence-corrected chi connectivity index (χ0v) is 18.0. The van der Waals surface area contributed by atoms with Crippen LogP contribution < -0.4 is 5.32 Å². The van der Waals surface area contributed by atoms with Crippen LogP contribution in [-0.4, -0.2) is 35.6 Å². The quantitative estimate of drug-likeness (QED) is 0.692. The van der Waals surface area contributed by atoms with Gasteiger partial charge in [0.1, 0.15) is 6.04 Å². The van der Waals surface area contributed by atoms with Crippen molar-refractivity contribution in [2.24, 2.45) is 0 Å². The minimum atomic E-state index is -0.460. The summed E-state index contributed by atoms with van der Waals surface area (Å²) in [7, 11) is 1.62. The summed E-state index contributed by atoms with van der Waals surface area (Å²) < 4.78 is 0. The van der Waals surface area contributed by atoms with Gasteiger partial charge in [0.15, 0.2) is 0 Å². The van der Waals surface area contributed by atoms with Gasteiger partial charge in [0.2, 0.25) is 11.8 Å². The molecule has 5 heteroatoms. The van der Waals surface area contributed by atoms with Gasteiger partial charge in [-0.15, -0.1) is 11.8 Å². The van der Waals surface area contributed by atoms with Crippen molar-refractivity contribution in [3.05, 3.63) is 70.8 Å². The fourth-order valence-electron chi connectivity index (χ4n) is 3.08. The van der Waals surface area contributed by atoms with Crippen LogP contribution in [0.2, 0.25) is 0 Å². The van der Waals surface area contributed by atoms with Crippen molar-refractivity contribution in [2.45, 2.75) is 45.5 Å². The molecule has 1 atom stereocenters. The first-order chi connectivity index (χ1) is 13.5. The largest absolute Gasteiger partial charge is 0.357 e. The van der Waals surface area contributed by atoms with Gasteiger partial charge < -0.3 is 10.2 Å². The van der Waals surface area contributed by atoms with E-state index >= 15 is 0 Å². The molecule has 4 nitrogen and oxygen atoms in total. The third-order valence-electron chi connectivity index (χ3n) is 4.85. The molecule has 28 heavy (non-hydrogen) atoms. The SMILES string of the molecule is CCC(C(=O)NC)N(Cc1ccc(C)cc1)C(=O)CSCc1ccccc1C. The Morgan fingerprint density at radius 2 is 1.75 bits per heavy atom. The second-order valence-corrected chi connectivity index (χ2v) is 7.95. The average molecular weight is 399 g/mol. The lowest BCUT2D eigenvalue weighted by atomic mass is 10.1. The molecule has 0 aromatic heterocycles. The molecule has 150 valence electrons. The fraction of sp³-hybridized carbons (Fsp3) is 0.391. The van der Waals surface area contributed by atoms with Gasteiger partial charge in [-0.3, -0.25) is 9.59 Å². The first-order valence-corrected chi connectivity index (χ1v) is 10.8. The number of amides is 2. The van der Waals surface area contributed by atoms with Crippen LogP contribution in [0.1, 0.15) is 35.6 Å². The standard InChI is InChI=1S/C23H30N2O2S/c1-5-21(23(27)24-4)25(14-19-12-10-17(2)11-13-19)22(26)16-28-15-20-9-7-6-8-18(20)3/h6-13,21H,5,14-16H2,1-4H3,(H,24,27). The Morgan fingerprint density at radius 1 is 1.07 bits per heavy atom. The molecular formula is C23H30N2O2S. The highest BCUT2D eigenvalue weighted by atomic mass is 32.2. The van der Waals surface area contributed by atoms with E-state index in [-0.39, 0.29) is 11.8 Å². The van der Waals surface area contributed by atoms with E-state index in [4.69, 9.17) is 0 Å². The summed E-state index contributed by atoms with van der Waals surface area (Å²) in [6.45, 7) is 6.50. The zero-order valence-electron chi connectivity index (χ0n) is 17.2. The van der Waals surface area contributed by atoms with Crippen LogP contribution >= 0.6 is 11.8 Å². The number of aryl methyl sites for hydroxylation is 2. The lowest BCUT2D eigenvalue weighted by molar-refractivity contribution is -0.139. The molecule has 2 aromatic carbocycles. The van der Waals surface area contributed by atoms with Crippen LogP contribution in [0.3, 0.4) is 0 Å². The molecule has 1 N–H and O–H groups in total. The van der Waals surface area contributed by atoms with E-state index in [1.54, 1.807) is 23.7 Å². The molecule has 2 amide bonds. The Kier molecular flexibility index (Phi) is 8.58. The molecule has 0 radical (unpaired) electrons. The molecule has 0 aliphatic carbocycles. The number of nitrogens with one attached hydrogen (secondary N) is 1. The normalized spacial score (nSPS) is 11.7. The van der Waals surface area contributed by atoms with Crippen LogP contribution in [0.25, 0.3) is 0 Å². The second kappa shape index (κ2) is 10.9. The maximum absolute atomic E-state index is 13.0. The number of thioether (sulfide) groups is 1. The second-order valence-electron chi connectivity index (χ2n) is 6.96. The molecule has 0 spiro atoms. The van der Waals surface area contributed by atoms with Crippen LogP contribution in [0.5, 0.6) is 0 Å². The number of likely N-dealkylation sites (N-methyl/N-ethyl adjacent to an activating group) is 1. The molecule has 0 heterocycles. The third kappa shape index (κ3) is 6.13. The molecule has 2 aromatic rings. The van der Waals surface area contributed by atoms with Crippen molar-refractivity contribution in [1.82, 2.24) is 10.2 Å². The van der Waals surface area contributed by atoms with Crippen LogP contribution in [-0.2, 0) is 21.9 Å². The highest BCUT2D eigenvalue weighted by Gasteiger charge is 2.27. The third-order valence-corrected chi connectivity index (χ3v) is 5.82. The number of carbonyl (C=O) groups excluding carboxylic acids is 2. The summed E-state index contributed by atoms with van der Waals surface area (Å²) in [5.74, 6) is 1.02. The number of rotatable bonds is 9. The monoisotopic (exact) mass is 398 g/mol. The molecule has 0 aliphatic rings. The Balaban J connectivity index is 2.10. The van der Waals surface area contributed by atoms with Crippen molar-refractivity contribution in [1.29, 1.82) is 0 Å². The van der Waals surface area contributed by atoms with Crippen molar-refractivity contribution in [3.8, 4) is 0 Å². The van der Waals surface area contributed by atoms with Crippen LogP contribution in [0.4, 0.5) is 0 Å². The lowest BCUT2D eigenvalue weighted by Crippen LogP contribution is -2.48. The number of nitrogens with zero attached hydrogens (tertiary/aromatic N) is 1. The van der Waals surface area contributed by atoms with E-state index in [2.05, 4.69) is 24.4 Å². The Labute approximate surface area is 172 Å². The minimum Gasteiger partial charge on any atom is -0.357 e. The molecule has 0 bridgehead atoms. The maximum atomic E-state index is 13.0. The topological polar surface area (TPSA) is 49.4 Å². The van der Waals surface area contributed by atoms with Gasteiger partial charge in [0.05, 0.1) is 5.75 Å². The highest BCUT2D eigenvalue weighted by molar-refractivity contribution is 7.99. The summed E-state index contributed by atoms with van der Waals surface area (Å²) in [4.78, 5) is 27.1. The minimum absolute atomic E-state index is 0.00499. The summed E-state index contributed by atoms with van der Waals surface area (Å²) in [5, 5.41) is 2.70. The van der Waals surface area contributed by atoms with Gasteiger partial charge in [0, 0.05) is 19.3 Å². The molecule has 1 unspecified atom stereocenters. The Morgan fingerprint density at radius 3 is 2.36 bits per heavy atom. The van der Waals surface area contributed by atoms with Crippen molar-refractivity contribution in [2.75, 3.05) is 12.8 Å². The maximum Gasteiger partial charge on any atom is 0.242 e. The van der Waals surface area contributed by atoms with Crippen LogP contribution in [0, 0.1) is 13.8 Å². The number of carbonyl (C=O) groups is 2. The van der Waals surface area contributed by atoms with Gasteiger partial charge in [-0.1, -0.05) is 61.0 Å². The van der Waals surface area contributed by atoms with E-state index in [9.17, 15) is 9.59 Å². The van der Waals surface area contributed by atoms with Gasteiger partial charge in [-0.2, -0.15) is 0 Å². The van der Waals surface area contributed by atoms with Gasteiger partial charge >= 0.3 is 0 Å². The van der Waals surface area contributed by atoms with Crippen molar-refractivity contribution < 1.29 is 9.59 Å². The summed E-state index contributed by atoms with van der Waals surface area (Å²) in [6, 6.07) is 15.9. The summed E-state index contributed by atoms with van der Waals surface area (Å²) >= 11 is 1.59. The summed E-state index contributed by atoms with van der Waals surface area (Å²) in [5.41, 5.74) is 4.68. The molecular weight excluding hydrogens is 368 g/mol. The molecule has 0 saturated heterocycles. The summed E-state index contributed by atoms with van der Waals surface area (Å²) in [6.07, 6.45) is 0.583. The van der Waals surface area contributed by atoms with E-state index in [0.29, 0.717) is 18.7 Å². The Bertz CT molecular complexity index is 789. The molecule has 0 saturated carbocycles. The van der Waals surface area contributed by atoms with Crippen LogP contribution in [0.15, 0.2) is 48.5 Å². The average Bonchev–Trinajstić information content (AvgIpc) is 2.70. The highest BCUT2D eigenvalue weighted by Crippen LogP contribution is 2.19. The number of benzene rings is 2. The van der Waals surface area contributed by atoms with E-state index in [1.807, 2.05) is 50.2 Å². The predicted octanol–water partition coefficient (Wildman–Crippen LogP) is 4.09. The first kappa shape index (κ1) is 22.0. The number of hydrogen-bond acceptors (Lipinski definition) is 3. The van der Waals surface area contributed by atoms with Crippen molar-refractivity contribution in [3.63, 3.8) is 0 Å². The molecule has 2 rings (SSSR count). The van der Waals surface area contributed by atoms with E-state index in [0.717, 1.165) is 11.3 Å². The van der Waals surface area contributed by atoms with E-state index < -0.39 is 6.04 Å². The van der Waals surface area contributed by atoms with Gasteiger partial charge in [-0.25, -0.2) is 0 Å². The predicted molar refractivity (Wildman–Crippen MR) is 117 cm³/mol. The smallest absolute Gasteiger partial charge is 0.242 e. The first-order valence-electron chi connectivity index (χ1n) is 9.65. The van der Waals surface area contributed by atoms with Gasteiger partial charge in [0.25, 0.3) is 0 Å². The van der Waals surface area contributed by atoms with Gasteiger partial charge in [-0.05, 0) is 37.0 Å². The number of hydrogen-bond donors (Lipinski definition) is 1. The molecule has 0 fully saturated rings. The lowest BCUT2D eigenvalue weighted by Gasteiger charge is -2.30. The fourth-order valence-corrected chi connectivity index (χ4v) is 4.07. The molecule has 0 aliphatic heterocycles. The van der Waals surface area contributed by atoms with Crippen molar-refractivity contribution >= 4 is 23.6 Å². The Hall–Kier alpha value is -2.27.